The Morgan fingerprint density at radius 2 is 2.31 bits per heavy atom. The maximum atomic E-state index is 5.65. The van der Waals surface area contributed by atoms with Crippen molar-refractivity contribution in [1.29, 1.82) is 0 Å². The largest absolute Gasteiger partial charge is 0.475 e. The number of hydrogen-bond donors (Lipinski definition) is 0. The van der Waals surface area contributed by atoms with Gasteiger partial charge in [0.15, 0.2) is 5.15 Å². The van der Waals surface area contributed by atoms with Gasteiger partial charge in [-0.05, 0) is 32.5 Å². The molecule has 1 aliphatic heterocycles. The number of rotatable bonds is 3. The smallest absolute Gasteiger partial charge is 0.233 e. The van der Waals surface area contributed by atoms with E-state index in [-0.39, 0.29) is 0 Å². The summed E-state index contributed by atoms with van der Waals surface area (Å²) in [5.41, 5.74) is 0. The topological polar surface area (TPSA) is 38.2 Å². The summed E-state index contributed by atoms with van der Waals surface area (Å²) < 4.78 is 5.60. The number of likely N-dealkylation sites (N-methyl/N-ethyl adjacent to an activating group) is 1. The van der Waals surface area contributed by atoms with Gasteiger partial charge in [-0.15, -0.1) is 10.2 Å². The van der Waals surface area contributed by atoms with E-state index < -0.39 is 0 Å². The van der Waals surface area contributed by atoms with Gasteiger partial charge in [-0.2, -0.15) is 0 Å². The summed E-state index contributed by atoms with van der Waals surface area (Å²) in [6, 6.07) is 3.93. The molecule has 2 heterocycles. The molecule has 0 saturated carbocycles. The van der Waals surface area contributed by atoms with Crippen molar-refractivity contribution < 1.29 is 4.74 Å². The van der Waals surface area contributed by atoms with Gasteiger partial charge in [-0.3, -0.25) is 0 Å². The molecule has 1 unspecified atom stereocenters. The summed E-state index contributed by atoms with van der Waals surface area (Å²) >= 11 is 5.65. The standard InChI is InChI=1S/C11H16ClN3O/c1-15-7-3-2-4-9(15)8-16-11-6-5-10(12)13-14-11/h5-6,9H,2-4,7-8H2,1H3. The Hall–Kier alpha value is -0.870. The molecule has 4 nitrogen and oxygen atoms in total. The van der Waals surface area contributed by atoms with Crippen LogP contribution in [0.2, 0.25) is 5.15 Å². The molecular formula is C11H16ClN3O. The van der Waals surface area contributed by atoms with Gasteiger partial charge in [0, 0.05) is 12.1 Å². The normalized spacial score (nSPS) is 22.0. The number of piperidine rings is 1. The summed E-state index contributed by atoms with van der Waals surface area (Å²) in [7, 11) is 2.14. The summed E-state index contributed by atoms with van der Waals surface area (Å²) in [5.74, 6) is 0.545. The second kappa shape index (κ2) is 5.46. The molecule has 0 aromatic carbocycles. The summed E-state index contributed by atoms with van der Waals surface area (Å²) in [4.78, 5) is 2.34. The predicted octanol–water partition coefficient (Wildman–Crippen LogP) is 1.99. The van der Waals surface area contributed by atoms with Crippen molar-refractivity contribution >= 4 is 11.6 Å². The molecule has 1 aliphatic rings. The van der Waals surface area contributed by atoms with Gasteiger partial charge in [-0.25, -0.2) is 0 Å². The molecule has 1 aromatic rings. The molecule has 2 rings (SSSR count). The van der Waals surface area contributed by atoms with E-state index in [1.54, 1.807) is 12.1 Å². The van der Waals surface area contributed by atoms with Gasteiger partial charge >= 0.3 is 0 Å². The first kappa shape index (κ1) is 11.6. The fourth-order valence-electron chi connectivity index (χ4n) is 1.92. The lowest BCUT2D eigenvalue weighted by Crippen LogP contribution is -2.40. The van der Waals surface area contributed by atoms with Crippen molar-refractivity contribution in [2.45, 2.75) is 25.3 Å². The first-order valence-corrected chi connectivity index (χ1v) is 5.96. The quantitative estimate of drug-likeness (QED) is 0.811. The van der Waals surface area contributed by atoms with Gasteiger partial charge in [0.2, 0.25) is 5.88 Å². The first-order valence-electron chi connectivity index (χ1n) is 5.58. The minimum atomic E-state index is 0.391. The van der Waals surface area contributed by atoms with Crippen LogP contribution in [-0.2, 0) is 0 Å². The molecule has 0 bridgehead atoms. The Kier molecular flexibility index (Phi) is 3.96. The molecule has 16 heavy (non-hydrogen) atoms. The molecular weight excluding hydrogens is 226 g/mol. The summed E-state index contributed by atoms with van der Waals surface area (Å²) in [5, 5.41) is 7.99. The molecule has 0 amide bonds. The maximum absolute atomic E-state index is 5.65. The molecule has 0 radical (unpaired) electrons. The average molecular weight is 242 g/mol. The average Bonchev–Trinajstić information content (AvgIpc) is 2.30. The molecule has 1 atom stereocenters. The Labute approximate surface area is 101 Å². The SMILES string of the molecule is CN1CCCCC1COc1ccc(Cl)nn1. The fourth-order valence-corrected chi connectivity index (χ4v) is 2.02. The van der Waals surface area contributed by atoms with Crippen molar-refractivity contribution in [1.82, 2.24) is 15.1 Å². The van der Waals surface area contributed by atoms with Crippen LogP contribution in [0.4, 0.5) is 0 Å². The lowest BCUT2D eigenvalue weighted by molar-refractivity contribution is 0.122. The lowest BCUT2D eigenvalue weighted by Gasteiger charge is -2.31. The van der Waals surface area contributed by atoms with E-state index in [1.165, 1.54) is 19.3 Å². The van der Waals surface area contributed by atoms with Crippen LogP contribution in [0.1, 0.15) is 19.3 Å². The molecule has 1 fully saturated rings. The van der Waals surface area contributed by atoms with E-state index in [0.29, 0.717) is 23.7 Å². The Bertz CT molecular complexity index is 331. The third kappa shape index (κ3) is 3.06. The van der Waals surface area contributed by atoms with Crippen LogP contribution in [0.15, 0.2) is 12.1 Å². The second-order valence-corrected chi connectivity index (χ2v) is 4.52. The van der Waals surface area contributed by atoms with Crippen molar-refractivity contribution in [3.05, 3.63) is 17.3 Å². The van der Waals surface area contributed by atoms with Crippen LogP contribution >= 0.6 is 11.6 Å². The molecule has 5 heteroatoms. The number of aromatic nitrogens is 2. The molecule has 0 spiro atoms. The predicted molar refractivity (Wildman–Crippen MR) is 62.8 cm³/mol. The lowest BCUT2D eigenvalue weighted by atomic mass is 10.0. The monoisotopic (exact) mass is 241 g/mol. The zero-order chi connectivity index (χ0) is 11.4. The number of likely N-dealkylation sites (tertiary alicyclic amines) is 1. The Balaban J connectivity index is 1.84. The zero-order valence-electron chi connectivity index (χ0n) is 9.40. The first-order chi connectivity index (χ1) is 7.75. The van der Waals surface area contributed by atoms with E-state index in [2.05, 4.69) is 22.1 Å². The van der Waals surface area contributed by atoms with Crippen molar-refractivity contribution in [2.24, 2.45) is 0 Å². The van der Waals surface area contributed by atoms with Crippen LogP contribution in [0.5, 0.6) is 5.88 Å². The second-order valence-electron chi connectivity index (χ2n) is 4.14. The van der Waals surface area contributed by atoms with Gasteiger partial charge in [0.1, 0.15) is 6.61 Å². The number of hydrogen-bond acceptors (Lipinski definition) is 4. The molecule has 88 valence electrons. The third-order valence-corrected chi connectivity index (χ3v) is 3.15. The molecule has 0 aliphatic carbocycles. The number of ether oxygens (including phenoxy) is 1. The fraction of sp³-hybridized carbons (Fsp3) is 0.636. The van der Waals surface area contributed by atoms with E-state index in [0.717, 1.165) is 6.54 Å². The van der Waals surface area contributed by atoms with Crippen LogP contribution in [0.25, 0.3) is 0 Å². The van der Waals surface area contributed by atoms with Gasteiger partial charge in [-0.1, -0.05) is 18.0 Å². The highest BCUT2D eigenvalue weighted by Gasteiger charge is 2.19. The molecule has 1 aromatic heterocycles. The number of nitrogens with zero attached hydrogens (tertiary/aromatic N) is 3. The van der Waals surface area contributed by atoms with Crippen molar-refractivity contribution in [3.8, 4) is 5.88 Å². The third-order valence-electron chi connectivity index (χ3n) is 2.95. The Morgan fingerprint density at radius 1 is 1.44 bits per heavy atom. The summed E-state index contributed by atoms with van der Waals surface area (Å²) in [6.07, 6.45) is 3.76. The zero-order valence-corrected chi connectivity index (χ0v) is 10.2. The van der Waals surface area contributed by atoms with Gasteiger partial charge in [0.25, 0.3) is 0 Å². The van der Waals surface area contributed by atoms with Crippen LogP contribution in [0, 0.1) is 0 Å². The maximum Gasteiger partial charge on any atom is 0.233 e. The van der Waals surface area contributed by atoms with Crippen molar-refractivity contribution in [2.75, 3.05) is 20.2 Å². The van der Waals surface area contributed by atoms with E-state index in [9.17, 15) is 0 Å². The van der Waals surface area contributed by atoms with Crippen LogP contribution in [-0.4, -0.2) is 41.3 Å². The van der Waals surface area contributed by atoms with Crippen LogP contribution in [0.3, 0.4) is 0 Å². The molecule has 1 saturated heterocycles. The minimum Gasteiger partial charge on any atom is -0.475 e. The number of halogens is 1. The van der Waals surface area contributed by atoms with E-state index >= 15 is 0 Å². The highest BCUT2D eigenvalue weighted by atomic mass is 35.5. The molecule has 0 N–H and O–H groups in total. The van der Waals surface area contributed by atoms with Gasteiger partial charge < -0.3 is 9.64 Å². The van der Waals surface area contributed by atoms with E-state index in [4.69, 9.17) is 16.3 Å². The minimum absolute atomic E-state index is 0.391. The van der Waals surface area contributed by atoms with Crippen LogP contribution < -0.4 is 4.74 Å². The van der Waals surface area contributed by atoms with Crippen molar-refractivity contribution in [3.63, 3.8) is 0 Å². The summed E-state index contributed by atoms with van der Waals surface area (Å²) in [6.45, 7) is 1.83. The highest BCUT2D eigenvalue weighted by Crippen LogP contribution is 2.16. The van der Waals surface area contributed by atoms with E-state index in [1.807, 2.05) is 0 Å². The highest BCUT2D eigenvalue weighted by molar-refractivity contribution is 6.29. The Morgan fingerprint density at radius 3 is 3.00 bits per heavy atom. The van der Waals surface area contributed by atoms with Gasteiger partial charge in [0.05, 0.1) is 0 Å².